The van der Waals surface area contributed by atoms with E-state index in [-0.39, 0.29) is 18.2 Å². The number of nitrogens with zero attached hydrogens (tertiary/aromatic N) is 4. The number of piperidine rings is 1. The van der Waals surface area contributed by atoms with Crippen LogP contribution in [0.25, 0.3) is 11.9 Å². The van der Waals surface area contributed by atoms with Crippen LogP contribution in [0.5, 0.6) is 5.75 Å². The van der Waals surface area contributed by atoms with Gasteiger partial charge in [0.2, 0.25) is 11.8 Å². The number of β-amino-alcohol motifs (C(OH)–C–C–N with tert-alkyl or cyclic N) is 1. The fourth-order valence-corrected chi connectivity index (χ4v) is 6.56. The zero-order chi connectivity index (χ0) is 28.6. The molecule has 1 aromatic heterocycles. The van der Waals surface area contributed by atoms with Crippen LogP contribution in [0.15, 0.2) is 71.9 Å². The number of halogens is 2. The maximum atomic E-state index is 14.5. The Hall–Kier alpha value is -3.72. The number of fused-ring (bicyclic) bond motifs is 1. The standard InChI is InChI=1S/C32H36F2N4O3/c1-41-26-9-7-25(8-10-26)38-16-12-24-20-36(22-35-29(24)38)21-31(40)14-17-37(18-15-31)30(39)28-19-32(33,34)13-11-27(28)23-5-3-2-4-6-23/h2-10,12,16,20,27-28,40H,11,13-15,17-19,21-22H2,1H3/t27-,28+/m0/s1. The number of hydrogen-bond donors (Lipinski definition) is 1. The zero-order valence-corrected chi connectivity index (χ0v) is 23.3. The first-order valence-electron chi connectivity index (χ1n) is 14.3. The van der Waals surface area contributed by atoms with Crippen molar-refractivity contribution in [3.8, 4) is 11.4 Å². The average Bonchev–Trinajstić information content (AvgIpc) is 3.40. The molecule has 9 heteroatoms. The molecule has 3 aromatic rings. The van der Waals surface area contributed by atoms with Crippen LogP contribution in [0.2, 0.25) is 0 Å². The summed E-state index contributed by atoms with van der Waals surface area (Å²) in [6.45, 7) is 1.50. The normalized spacial score (nSPS) is 23.2. The summed E-state index contributed by atoms with van der Waals surface area (Å²) in [5, 5.41) is 12.4. The molecule has 1 saturated carbocycles. The monoisotopic (exact) mass is 562 g/mol. The van der Waals surface area contributed by atoms with E-state index in [0.717, 1.165) is 27.7 Å². The van der Waals surface area contributed by atoms with Crippen molar-refractivity contribution in [1.29, 1.82) is 0 Å². The zero-order valence-electron chi connectivity index (χ0n) is 23.3. The average molecular weight is 563 g/mol. The minimum Gasteiger partial charge on any atom is -0.497 e. The third-order valence-corrected chi connectivity index (χ3v) is 8.84. The number of likely N-dealkylation sites (tertiary alicyclic amines) is 1. The quantitative estimate of drug-likeness (QED) is 0.498. The van der Waals surface area contributed by atoms with Crippen LogP contribution in [0, 0.1) is 5.92 Å². The van der Waals surface area contributed by atoms with E-state index in [0.29, 0.717) is 45.6 Å². The molecule has 0 unspecified atom stereocenters. The van der Waals surface area contributed by atoms with Crippen molar-refractivity contribution in [2.24, 2.45) is 10.9 Å². The van der Waals surface area contributed by atoms with Crippen molar-refractivity contribution in [2.45, 2.75) is 49.5 Å². The molecule has 1 aliphatic carbocycles. The number of methoxy groups -OCH3 is 1. The molecule has 0 radical (unpaired) electrons. The summed E-state index contributed by atoms with van der Waals surface area (Å²) in [5.74, 6) is -3.23. The molecular weight excluding hydrogens is 526 g/mol. The van der Waals surface area contributed by atoms with Crippen LogP contribution in [-0.2, 0) is 4.79 Å². The summed E-state index contributed by atoms with van der Waals surface area (Å²) in [6.07, 6.45) is 4.46. The van der Waals surface area contributed by atoms with E-state index in [1.54, 1.807) is 12.0 Å². The van der Waals surface area contributed by atoms with E-state index in [1.807, 2.05) is 82.5 Å². The molecule has 3 aliphatic rings. The number of carbonyl (C=O) groups excluding carboxylic acids is 1. The van der Waals surface area contributed by atoms with Gasteiger partial charge in [-0.25, -0.2) is 13.8 Å². The summed E-state index contributed by atoms with van der Waals surface area (Å²) in [4.78, 5) is 22.1. The first-order chi connectivity index (χ1) is 19.7. The molecule has 0 spiro atoms. The minimum atomic E-state index is -2.83. The Balaban J connectivity index is 1.11. The van der Waals surface area contributed by atoms with Gasteiger partial charge in [0.05, 0.1) is 18.6 Å². The smallest absolute Gasteiger partial charge is 0.249 e. The van der Waals surface area contributed by atoms with Crippen LogP contribution < -0.4 is 15.4 Å². The highest BCUT2D eigenvalue weighted by Crippen LogP contribution is 2.46. The number of hydrogen-bond acceptors (Lipinski definition) is 5. The van der Waals surface area contributed by atoms with Gasteiger partial charge in [0.1, 0.15) is 17.9 Å². The lowest BCUT2D eigenvalue weighted by molar-refractivity contribution is -0.148. The second-order valence-corrected chi connectivity index (χ2v) is 11.6. The van der Waals surface area contributed by atoms with Crippen LogP contribution in [0.4, 0.5) is 8.78 Å². The SMILES string of the molecule is COc1ccc(-n2ccc3c2=NCN(CC2(O)CCN(C(=O)[C@@H]4CC(F)(F)CC[C@H]4c4ccccc4)CC2)C=3)cc1. The second-order valence-electron chi connectivity index (χ2n) is 11.6. The third kappa shape index (κ3) is 5.73. The Morgan fingerprint density at radius 3 is 2.49 bits per heavy atom. The van der Waals surface area contributed by atoms with Crippen molar-refractivity contribution in [3.05, 3.63) is 83.1 Å². The van der Waals surface area contributed by atoms with E-state index in [9.17, 15) is 18.7 Å². The number of aromatic nitrogens is 1. The number of carbonyl (C=O) groups is 1. The van der Waals surface area contributed by atoms with Gasteiger partial charge in [-0.05, 0) is 61.1 Å². The van der Waals surface area contributed by atoms with Gasteiger partial charge in [-0.15, -0.1) is 0 Å². The first-order valence-corrected chi connectivity index (χ1v) is 14.3. The van der Waals surface area contributed by atoms with Crippen LogP contribution in [0.3, 0.4) is 0 Å². The number of ether oxygens (including phenoxy) is 1. The van der Waals surface area contributed by atoms with Gasteiger partial charge in [0.25, 0.3) is 0 Å². The van der Waals surface area contributed by atoms with Crippen molar-refractivity contribution in [1.82, 2.24) is 14.4 Å². The molecule has 216 valence electrons. The predicted molar refractivity (Wildman–Crippen MR) is 151 cm³/mol. The lowest BCUT2D eigenvalue weighted by Crippen LogP contribution is -2.54. The van der Waals surface area contributed by atoms with Crippen LogP contribution in [-0.4, -0.2) is 70.3 Å². The number of aliphatic hydroxyl groups is 1. The molecule has 1 amide bonds. The fourth-order valence-electron chi connectivity index (χ4n) is 6.56. The van der Waals surface area contributed by atoms with Gasteiger partial charge in [-0.3, -0.25) is 4.79 Å². The van der Waals surface area contributed by atoms with Crippen molar-refractivity contribution in [3.63, 3.8) is 0 Å². The van der Waals surface area contributed by atoms with E-state index < -0.39 is 23.9 Å². The Morgan fingerprint density at radius 1 is 1.05 bits per heavy atom. The largest absolute Gasteiger partial charge is 0.497 e. The highest BCUT2D eigenvalue weighted by Gasteiger charge is 2.47. The minimum absolute atomic E-state index is 0.196. The van der Waals surface area contributed by atoms with Gasteiger partial charge in [0, 0.05) is 55.8 Å². The van der Waals surface area contributed by atoms with Gasteiger partial charge in [-0.2, -0.15) is 0 Å². The maximum absolute atomic E-state index is 14.5. The lowest BCUT2D eigenvalue weighted by Gasteiger charge is -2.43. The van der Waals surface area contributed by atoms with Gasteiger partial charge in [0.15, 0.2) is 0 Å². The predicted octanol–water partition coefficient (Wildman–Crippen LogP) is 3.69. The number of rotatable bonds is 6. The molecule has 1 N–H and O–H groups in total. The molecule has 2 aromatic carbocycles. The van der Waals surface area contributed by atoms with E-state index in [1.165, 1.54) is 0 Å². The fraction of sp³-hybridized carbons (Fsp3) is 0.438. The van der Waals surface area contributed by atoms with Crippen molar-refractivity contribution >= 4 is 12.1 Å². The molecule has 41 heavy (non-hydrogen) atoms. The van der Waals surface area contributed by atoms with Gasteiger partial charge in [-0.1, -0.05) is 30.3 Å². The molecule has 2 aliphatic heterocycles. The van der Waals surface area contributed by atoms with E-state index in [4.69, 9.17) is 9.73 Å². The van der Waals surface area contributed by atoms with Gasteiger partial charge >= 0.3 is 0 Å². The van der Waals surface area contributed by atoms with E-state index >= 15 is 0 Å². The Kier molecular flexibility index (Phi) is 7.32. The Morgan fingerprint density at radius 2 is 1.78 bits per heavy atom. The third-order valence-electron chi connectivity index (χ3n) is 8.84. The number of amides is 1. The molecule has 2 fully saturated rings. The first kappa shape index (κ1) is 27.4. The summed E-state index contributed by atoms with van der Waals surface area (Å²) in [5.41, 5.74) is 1.79. The highest BCUT2D eigenvalue weighted by molar-refractivity contribution is 5.80. The highest BCUT2D eigenvalue weighted by atomic mass is 19.3. The number of benzene rings is 2. The molecule has 7 nitrogen and oxygen atoms in total. The Labute approximate surface area is 238 Å². The van der Waals surface area contributed by atoms with Crippen molar-refractivity contribution < 1.29 is 23.4 Å². The second kappa shape index (κ2) is 10.9. The summed E-state index contributed by atoms with van der Waals surface area (Å²) in [7, 11) is 1.64. The molecule has 3 heterocycles. The topological polar surface area (TPSA) is 70.3 Å². The summed E-state index contributed by atoms with van der Waals surface area (Å²) < 4.78 is 36.2. The van der Waals surface area contributed by atoms with Crippen LogP contribution >= 0.6 is 0 Å². The Bertz CT molecular complexity index is 1500. The summed E-state index contributed by atoms with van der Waals surface area (Å²) in [6, 6.07) is 19.3. The lowest BCUT2D eigenvalue weighted by atomic mass is 9.73. The van der Waals surface area contributed by atoms with Crippen molar-refractivity contribution in [2.75, 3.05) is 33.4 Å². The van der Waals surface area contributed by atoms with Gasteiger partial charge < -0.3 is 24.2 Å². The number of alkyl halides is 2. The molecule has 1 saturated heterocycles. The summed E-state index contributed by atoms with van der Waals surface area (Å²) >= 11 is 0. The maximum Gasteiger partial charge on any atom is 0.249 e. The molecular formula is C32H36F2N4O3. The molecule has 2 atom stereocenters. The molecule has 0 bridgehead atoms. The van der Waals surface area contributed by atoms with E-state index in [2.05, 4.69) is 0 Å². The molecule has 6 rings (SSSR count). The van der Waals surface area contributed by atoms with Crippen LogP contribution in [0.1, 0.15) is 43.6 Å².